The molecule has 260 valence electrons. The van der Waals surface area contributed by atoms with E-state index in [9.17, 15) is 19.2 Å². The highest BCUT2D eigenvalue weighted by Gasteiger charge is 2.23. The van der Waals surface area contributed by atoms with E-state index in [0.29, 0.717) is 49.3 Å². The first-order valence-electron chi connectivity index (χ1n) is 15.8. The van der Waals surface area contributed by atoms with Crippen molar-refractivity contribution in [3.05, 3.63) is 131 Å². The van der Waals surface area contributed by atoms with E-state index in [1.807, 2.05) is 41.8 Å². The summed E-state index contributed by atoms with van der Waals surface area (Å²) in [7, 11) is 3.04. The number of amides is 3. The molecule has 0 aliphatic carbocycles. The molecular formula is C39H35N3O7S2. The molecule has 0 bridgehead atoms. The van der Waals surface area contributed by atoms with Crippen molar-refractivity contribution in [2.24, 2.45) is 0 Å². The molecule has 3 amide bonds. The fourth-order valence-electron chi connectivity index (χ4n) is 4.90. The third-order valence-electron chi connectivity index (χ3n) is 7.34. The van der Waals surface area contributed by atoms with Crippen molar-refractivity contribution in [2.45, 2.75) is 11.8 Å². The Morgan fingerprint density at radius 2 is 1.57 bits per heavy atom. The van der Waals surface area contributed by atoms with Crippen molar-refractivity contribution in [2.75, 3.05) is 37.2 Å². The number of benzene rings is 4. The molecular weight excluding hydrogens is 687 g/mol. The zero-order valence-electron chi connectivity index (χ0n) is 28.1. The summed E-state index contributed by atoms with van der Waals surface area (Å²) in [6.07, 6.45) is 1.52. The summed E-state index contributed by atoms with van der Waals surface area (Å²) < 4.78 is 16.1. The van der Waals surface area contributed by atoms with Crippen LogP contribution in [0, 0.1) is 0 Å². The maximum absolute atomic E-state index is 13.7. The zero-order valence-corrected chi connectivity index (χ0v) is 29.7. The van der Waals surface area contributed by atoms with Gasteiger partial charge in [-0.2, -0.15) is 0 Å². The normalized spacial score (nSPS) is 10.9. The Balaban J connectivity index is 1.30. The van der Waals surface area contributed by atoms with Crippen molar-refractivity contribution in [1.29, 1.82) is 0 Å². The Morgan fingerprint density at radius 1 is 0.824 bits per heavy atom. The largest absolute Gasteiger partial charge is 0.497 e. The van der Waals surface area contributed by atoms with Gasteiger partial charge < -0.3 is 30.2 Å². The third kappa shape index (κ3) is 9.65. The van der Waals surface area contributed by atoms with Crippen LogP contribution in [0.5, 0.6) is 11.5 Å². The minimum Gasteiger partial charge on any atom is -0.497 e. The van der Waals surface area contributed by atoms with Gasteiger partial charge in [0.2, 0.25) is 5.91 Å². The molecule has 12 heteroatoms. The number of anilines is 2. The molecule has 3 N–H and O–H groups in total. The van der Waals surface area contributed by atoms with Gasteiger partial charge in [0, 0.05) is 38.7 Å². The van der Waals surface area contributed by atoms with E-state index in [-0.39, 0.29) is 24.0 Å². The molecule has 0 fully saturated rings. The van der Waals surface area contributed by atoms with Gasteiger partial charge in [-0.15, -0.1) is 23.1 Å². The number of methoxy groups -OCH3 is 2. The van der Waals surface area contributed by atoms with Crippen LogP contribution in [0.25, 0.3) is 17.2 Å². The lowest BCUT2D eigenvalue weighted by molar-refractivity contribution is -0.114. The fourth-order valence-corrected chi connectivity index (χ4v) is 6.62. The van der Waals surface area contributed by atoms with Gasteiger partial charge in [0.1, 0.15) is 27.8 Å². The van der Waals surface area contributed by atoms with Crippen LogP contribution in [0.4, 0.5) is 10.7 Å². The molecule has 5 aromatic rings. The minimum atomic E-state index is -0.574. The van der Waals surface area contributed by atoms with Crippen LogP contribution in [0.1, 0.15) is 33.2 Å². The average Bonchev–Trinajstić information content (AvgIpc) is 3.58. The number of rotatable bonds is 14. The fraction of sp³-hybridized carbons (Fsp3) is 0.128. The molecule has 0 radical (unpaired) electrons. The highest BCUT2D eigenvalue weighted by Crippen LogP contribution is 2.36. The molecule has 51 heavy (non-hydrogen) atoms. The van der Waals surface area contributed by atoms with Crippen LogP contribution >= 0.6 is 23.1 Å². The van der Waals surface area contributed by atoms with Crippen LogP contribution < -0.4 is 25.4 Å². The summed E-state index contributed by atoms with van der Waals surface area (Å²) >= 11 is 2.51. The van der Waals surface area contributed by atoms with Crippen molar-refractivity contribution >= 4 is 63.6 Å². The highest BCUT2D eigenvalue weighted by molar-refractivity contribution is 8.00. The number of ether oxygens (including phenoxy) is 3. The van der Waals surface area contributed by atoms with E-state index < -0.39 is 17.8 Å². The first-order chi connectivity index (χ1) is 24.8. The van der Waals surface area contributed by atoms with Crippen LogP contribution in [-0.2, 0) is 14.3 Å². The highest BCUT2D eigenvalue weighted by atomic mass is 32.2. The van der Waals surface area contributed by atoms with Crippen LogP contribution in [-0.4, -0.2) is 50.3 Å². The predicted molar refractivity (Wildman–Crippen MR) is 202 cm³/mol. The summed E-state index contributed by atoms with van der Waals surface area (Å²) in [5.41, 5.74) is 3.18. The number of carbonyl (C=O) groups excluding carboxylic acids is 4. The van der Waals surface area contributed by atoms with Crippen molar-refractivity contribution in [3.8, 4) is 22.6 Å². The first-order valence-corrected chi connectivity index (χ1v) is 17.6. The Hall–Kier alpha value is -5.85. The van der Waals surface area contributed by atoms with Gasteiger partial charge in [0.25, 0.3) is 11.8 Å². The van der Waals surface area contributed by atoms with Gasteiger partial charge in [-0.25, -0.2) is 4.79 Å². The maximum atomic E-state index is 13.7. The van der Waals surface area contributed by atoms with Gasteiger partial charge >= 0.3 is 5.97 Å². The number of hydrogen-bond donors (Lipinski definition) is 3. The van der Waals surface area contributed by atoms with Crippen LogP contribution in [0.15, 0.2) is 119 Å². The first kappa shape index (κ1) is 36.4. The Labute approximate surface area is 303 Å². The summed E-state index contributed by atoms with van der Waals surface area (Å²) in [5, 5.41) is 10.7. The monoisotopic (exact) mass is 721 g/mol. The lowest BCUT2D eigenvalue weighted by atomic mass is 10.0. The lowest BCUT2D eigenvalue weighted by Crippen LogP contribution is -2.30. The predicted octanol–water partition coefficient (Wildman–Crippen LogP) is 7.75. The second-order valence-corrected chi connectivity index (χ2v) is 12.7. The second kappa shape index (κ2) is 17.7. The van der Waals surface area contributed by atoms with Crippen molar-refractivity contribution in [1.82, 2.24) is 5.32 Å². The number of carbonyl (C=O) groups is 4. The van der Waals surface area contributed by atoms with E-state index in [0.717, 1.165) is 5.56 Å². The van der Waals surface area contributed by atoms with Gasteiger partial charge in [0.05, 0.1) is 26.6 Å². The third-order valence-corrected chi connectivity index (χ3v) is 9.23. The molecule has 1 aromatic heterocycles. The second-order valence-electron chi connectivity index (χ2n) is 10.7. The molecule has 0 saturated heterocycles. The molecule has 10 nitrogen and oxygen atoms in total. The van der Waals surface area contributed by atoms with E-state index in [2.05, 4.69) is 16.0 Å². The molecule has 0 spiro atoms. The van der Waals surface area contributed by atoms with Gasteiger partial charge in [-0.05, 0) is 61.0 Å². The van der Waals surface area contributed by atoms with E-state index in [1.165, 1.54) is 43.4 Å². The average molecular weight is 722 g/mol. The number of thiophene rings is 1. The van der Waals surface area contributed by atoms with Crippen molar-refractivity contribution in [3.63, 3.8) is 0 Å². The van der Waals surface area contributed by atoms with Gasteiger partial charge in [-0.3, -0.25) is 14.4 Å². The summed E-state index contributed by atoms with van der Waals surface area (Å²) in [5.74, 6) is -0.820. The molecule has 1 heterocycles. The molecule has 4 aromatic carbocycles. The molecule has 0 aliphatic rings. The quantitative estimate of drug-likeness (QED) is 0.0603. The number of nitrogens with one attached hydrogen (secondary N) is 3. The SMILES string of the molecule is CCOC(=O)c1c(-c2ccccc2)csc1NC(=O)CSc1cccc(NC(=O)/C(=C\c2ccc(OC)cc2OC)NC(=O)c2ccccc2)c1. The van der Waals surface area contributed by atoms with E-state index in [4.69, 9.17) is 14.2 Å². The number of hydrogen-bond acceptors (Lipinski definition) is 9. The van der Waals surface area contributed by atoms with Crippen LogP contribution in [0.3, 0.4) is 0 Å². The number of thioether (sulfide) groups is 1. The Morgan fingerprint density at radius 3 is 2.27 bits per heavy atom. The molecule has 0 saturated carbocycles. The van der Waals surface area contributed by atoms with Crippen LogP contribution in [0.2, 0.25) is 0 Å². The molecule has 0 atom stereocenters. The Bertz CT molecular complexity index is 2050. The summed E-state index contributed by atoms with van der Waals surface area (Å²) in [4.78, 5) is 53.5. The Kier molecular flexibility index (Phi) is 12.6. The topological polar surface area (TPSA) is 132 Å². The standard InChI is InChI=1S/C39H35N3O7S2/c1-4-49-39(46)35-31(25-12-7-5-8-13-25)23-51-38(35)42-34(43)24-50-30-17-11-16-28(21-30)40-37(45)32(41-36(44)26-14-9-6-10-15-26)20-27-18-19-29(47-2)22-33(27)48-3/h5-23H,4,24H2,1-3H3,(H,40,45)(H,41,44)(H,42,43)/b32-20+. The zero-order chi connectivity index (χ0) is 36.2. The van der Waals surface area contributed by atoms with Gasteiger partial charge in [0.15, 0.2) is 0 Å². The molecule has 0 unspecified atom stereocenters. The summed E-state index contributed by atoms with van der Waals surface area (Å²) in [6.45, 7) is 1.93. The molecule has 0 aliphatic heterocycles. The van der Waals surface area contributed by atoms with Crippen molar-refractivity contribution < 1.29 is 33.4 Å². The lowest BCUT2D eigenvalue weighted by Gasteiger charge is -2.13. The summed E-state index contributed by atoms with van der Waals surface area (Å²) in [6, 6.07) is 30.1. The maximum Gasteiger partial charge on any atom is 0.341 e. The smallest absolute Gasteiger partial charge is 0.341 e. The van der Waals surface area contributed by atoms with E-state index in [1.54, 1.807) is 73.7 Å². The van der Waals surface area contributed by atoms with Gasteiger partial charge in [-0.1, -0.05) is 54.6 Å². The number of esters is 1. The van der Waals surface area contributed by atoms with E-state index >= 15 is 0 Å². The minimum absolute atomic E-state index is 0.0204. The molecule has 5 rings (SSSR count).